The number of amides is 4. The van der Waals surface area contributed by atoms with Crippen LogP contribution in [-0.2, 0) is 14.4 Å². The third kappa shape index (κ3) is 2.74. The number of hydrogen-bond acceptors (Lipinski definition) is 5. The number of fused-ring (bicyclic) bond motifs is 1. The summed E-state index contributed by atoms with van der Waals surface area (Å²) in [5, 5.41) is -0.0962. The van der Waals surface area contributed by atoms with Gasteiger partial charge in [0.25, 0.3) is 17.1 Å². The first-order valence-electron chi connectivity index (χ1n) is 8.01. The van der Waals surface area contributed by atoms with Gasteiger partial charge < -0.3 is 0 Å². The van der Waals surface area contributed by atoms with Crippen LogP contribution >= 0.6 is 35.0 Å². The number of thioether (sulfide) groups is 1. The molecule has 2 heterocycles. The van der Waals surface area contributed by atoms with E-state index in [0.717, 1.165) is 9.80 Å². The van der Waals surface area contributed by atoms with E-state index in [1.54, 1.807) is 24.3 Å². The van der Waals surface area contributed by atoms with Crippen LogP contribution in [0.4, 0.5) is 16.2 Å². The molecule has 0 bridgehead atoms. The predicted octanol–water partition coefficient (Wildman–Crippen LogP) is 4.50. The molecule has 0 radical (unpaired) electrons. The number of para-hydroxylation sites is 1. The van der Waals surface area contributed by atoms with Gasteiger partial charge in [0.05, 0.1) is 31.9 Å². The van der Waals surface area contributed by atoms with E-state index in [-0.39, 0.29) is 26.2 Å². The quantitative estimate of drug-likeness (QED) is 0.620. The summed E-state index contributed by atoms with van der Waals surface area (Å²) in [6.45, 7) is 1.26. The minimum atomic E-state index is -0.656. The molecule has 6 nitrogen and oxygen atoms in total. The number of carbonyl (C=O) groups is 4. The highest BCUT2D eigenvalue weighted by Gasteiger charge is 2.45. The van der Waals surface area contributed by atoms with E-state index < -0.39 is 23.0 Å². The predicted molar refractivity (Wildman–Crippen MR) is 108 cm³/mol. The van der Waals surface area contributed by atoms with Crippen molar-refractivity contribution in [2.24, 2.45) is 0 Å². The molecule has 0 spiro atoms. The van der Waals surface area contributed by atoms with Crippen LogP contribution in [0.5, 0.6) is 0 Å². The molecule has 28 heavy (non-hydrogen) atoms. The third-order valence-corrected chi connectivity index (χ3v) is 5.98. The summed E-state index contributed by atoms with van der Waals surface area (Å²) in [5.74, 6) is -1.76. The summed E-state index contributed by atoms with van der Waals surface area (Å²) >= 11 is 12.5. The highest BCUT2D eigenvalue weighted by molar-refractivity contribution is 8.19. The van der Waals surface area contributed by atoms with E-state index in [9.17, 15) is 19.2 Å². The van der Waals surface area contributed by atoms with Crippen molar-refractivity contribution in [2.45, 2.75) is 6.92 Å². The second-order valence-corrected chi connectivity index (χ2v) is 7.76. The van der Waals surface area contributed by atoms with Gasteiger partial charge in [-0.25, -0.2) is 9.80 Å². The molecule has 4 amide bonds. The molecule has 2 aromatic carbocycles. The lowest BCUT2D eigenvalue weighted by molar-refractivity contribution is -0.122. The Morgan fingerprint density at radius 3 is 2.36 bits per heavy atom. The summed E-state index contributed by atoms with van der Waals surface area (Å²) in [6, 6.07) is 11.0. The largest absolute Gasteiger partial charge is 0.298 e. The Balaban J connectivity index is 1.86. The topological polar surface area (TPSA) is 74.8 Å². The van der Waals surface area contributed by atoms with Gasteiger partial charge in [-0.15, -0.1) is 0 Å². The lowest BCUT2D eigenvalue weighted by Gasteiger charge is -2.13. The number of nitrogens with zero attached hydrogens (tertiary/aromatic N) is 2. The molecule has 2 aliphatic heterocycles. The Hall–Kier alpha value is -2.61. The molecule has 1 saturated heterocycles. The normalized spacial score (nSPS) is 18.9. The SMILES string of the molecule is CC(=O)N1C(=O)/C(=C2\SC(=O)N(c3ccc(Cl)c(Cl)c3)C2=O)c2ccccc21. The van der Waals surface area contributed by atoms with Crippen LogP contribution in [0.15, 0.2) is 47.4 Å². The van der Waals surface area contributed by atoms with Crippen LogP contribution in [0, 0.1) is 0 Å². The van der Waals surface area contributed by atoms with Crippen molar-refractivity contribution < 1.29 is 19.2 Å². The van der Waals surface area contributed by atoms with E-state index in [1.165, 1.54) is 25.1 Å². The third-order valence-electron chi connectivity index (χ3n) is 4.30. The first kappa shape index (κ1) is 18.7. The summed E-state index contributed by atoms with van der Waals surface area (Å²) in [7, 11) is 0. The molecule has 9 heteroatoms. The number of hydrogen-bond donors (Lipinski definition) is 0. The zero-order chi connectivity index (χ0) is 20.2. The number of carbonyl (C=O) groups excluding carboxylic acids is 4. The molecular formula is C19H10Cl2N2O4S. The molecule has 0 aliphatic carbocycles. The van der Waals surface area contributed by atoms with Gasteiger partial charge in [-0.2, -0.15) is 0 Å². The molecule has 2 aromatic rings. The minimum Gasteiger partial charge on any atom is -0.274 e. The van der Waals surface area contributed by atoms with Crippen molar-refractivity contribution in [1.29, 1.82) is 0 Å². The Morgan fingerprint density at radius 2 is 1.68 bits per heavy atom. The molecule has 140 valence electrons. The number of imide groups is 2. The zero-order valence-electron chi connectivity index (χ0n) is 14.2. The summed E-state index contributed by atoms with van der Waals surface area (Å²) < 4.78 is 0. The van der Waals surface area contributed by atoms with Crippen molar-refractivity contribution in [3.8, 4) is 0 Å². The maximum Gasteiger partial charge on any atom is 0.298 e. The Bertz CT molecular complexity index is 1130. The van der Waals surface area contributed by atoms with E-state index in [4.69, 9.17) is 23.2 Å². The van der Waals surface area contributed by atoms with Gasteiger partial charge in [0.2, 0.25) is 5.91 Å². The number of rotatable bonds is 1. The van der Waals surface area contributed by atoms with Crippen LogP contribution in [0.25, 0.3) is 5.57 Å². The van der Waals surface area contributed by atoms with Crippen molar-refractivity contribution >= 4 is 74.9 Å². The Kier molecular flexibility index (Phi) is 4.53. The first-order valence-corrected chi connectivity index (χ1v) is 9.58. The maximum absolute atomic E-state index is 13.0. The molecule has 0 atom stereocenters. The minimum absolute atomic E-state index is 0.0303. The molecule has 0 N–H and O–H groups in total. The summed E-state index contributed by atoms with van der Waals surface area (Å²) in [4.78, 5) is 52.3. The average molecular weight is 433 g/mol. The smallest absolute Gasteiger partial charge is 0.274 e. The van der Waals surface area contributed by atoms with Gasteiger partial charge in [0.1, 0.15) is 0 Å². The summed E-state index contributed by atoms with van der Waals surface area (Å²) in [5.41, 5.74) is 1.10. The van der Waals surface area contributed by atoms with E-state index >= 15 is 0 Å². The van der Waals surface area contributed by atoms with Crippen LogP contribution in [-0.4, -0.2) is 23.0 Å². The second-order valence-electron chi connectivity index (χ2n) is 5.99. The van der Waals surface area contributed by atoms with Crippen LogP contribution < -0.4 is 9.80 Å². The van der Waals surface area contributed by atoms with E-state index in [2.05, 4.69) is 0 Å². The number of benzene rings is 2. The fourth-order valence-corrected chi connectivity index (χ4v) is 4.34. The first-order chi connectivity index (χ1) is 13.3. The van der Waals surface area contributed by atoms with Crippen molar-refractivity contribution in [2.75, 3.05) is 9.80 Å². The number of anilines is 2. The molecule has 1 fully saturated rings. The maximum atomic E-state index is 13.0. The van der Waals surface area contributed by atoms with Crippen molar-refractivity contribution in [3.63, 3.8) is 0 Å². The van der Waals surface area contributed by atoms with Gasteiger partial charge in [-0.3, -0.25) is 19.2 Å². The van der Waals surface area contributed by atoms with Crippen LogP contribution in [0.2, 0.25) is 10.0 Å². The van der Waals surface area contributed by atoms with Gasteiger partial charge >= 0.3 is 0 Å². The monoisotopic (exact) mass is 432 g/mol. The highest BCUT2D eigenvalue weighted by atomic mass is 35.5. The molecule has 0 saturated carbocycles. The van der Waals surface area contributed by atoms with E-state index in [0.29, 0.717) is 23.0 Å². The zero-order valence-corrected chi connectivity index (χ0v) is 16.6. The van der Waals surface area contributed by atoms with Gasteiger partial charge in [0.15, 0.2) is 0 Å². The highest BCUT2D eigenvalue weighted by Crippen LogP contribution is 2.45. The van der Waals surface area contributed by atoms with Crippen LogP contribution in [0.3, 0.4) is 0 Å². The fourth-order valence-electron chi connectivity index (χ4n) is 3.11. The average Bonchev–Trinajstić information content (AvgIpc) is 3.10. The Morgan fingerprint density at radius 1 is 0.964 bits per heavy atom. The van der Waals surface area contributed by atoms with Crippen molar-refractivity contribution in [3.05, 3.63) is 63.0 Å². The Labute approximate surface area is 173 Å². The standard InChI is InChI=1S/C19H10Cl2N2O4S/c1-9(24)22-14-5-3-2-4-11(14)15(17(22)25)16-18(26)23(19(27)28-16)10-6-7-12(20)13(21)8-10/h2-8H,1H3/b16-15-. The van der Waals surface area contributed by atoms with Crippen molar-refractivity contribution in [1.82, 2.24) is 0 Å². The molecule has 2 aliphatic rings. The lowest BCUT2D eigenvalue weighted by Crippen LogP contribution is -2.32. The summed E-state index contributed by atoms with van der Waals surface area (Å²) in [6.07, 6.45) is 0. The fraction of sp³-hybridized carbons (Fsp3) is 0.0526. The van der Waals surface area contributed by atoms with Crippen LogP contribution in [0.1, 0.15) is 12.5 Å². The number of halogens is 2. The molecular weight excluding hydrogens is 423 g/mol. The lowest BCUT2D eigenvalue weighted by atomic mass is 10.1. The molecule has 4 rings (SSSR count). The molecule has 0 aromatic heterocycles. The van der Waals surface area contributed by atoms with Gasteiger partial charge in [-0.05, 0) is 36.0 Å². The van der Waals surface area contributed by atoms with Gasteiger partial charge in [0, 0.05) is 12.5 Å². The van der Waals surface area contributed by atoms with Gasteiger partial charge in [-0.1, -0.05) is 41.4 Å². The van der Waals surface area contributed by atoms with E-state index in [1.807, 2.05) is 0 Å². The second kappa shape index (κ2) is 6.77. The molecule has 0 unspecified atom stereocenters.